The number of carboxylic acid groups (broad SMARTS) is 1. The molecule has 0 saturated heterocycles. The zero-order valence-electron chi connectivity index (χ0n) is 22.1. The number of rotatable bonds is 10. The molecule has 6 nitrogen and oxygen atoms in total. The van der Waals surface area contributed by atoms with Gasteiger partial charge in [0.05, 0.1) is 16.9 Å². The van der Waals surface area contributed by atoms with Crippen molar-refractivity contribution in [3.63, 3.8) is 0 Å². The van der Waals surface area contributed by atoms with Crippen LogP contribution in [0.3, 0.4) is 0 Å². The summed E-state index contributed by atoms with van der Waals surface area (Å²) in [5, 5.41) is 9.88. The van der Waals surface area contributed by atoms with Crippen LogP contribution in [0.15, 0.2) is 121 Å². The molecule has 0 radical (unpaired) electrons. The third-order valence-electron chi connectivity index (χ3n) is 6.25. The summed E-state index contributed by atoms with van der Waals surface area (Å²) in [4.78, 5) is 12.1. The molecule has 0 spiro atoms. The Bertz CT molecular complexity index is 1690. The van der Waals surface area contributed by atoms with E-state index in [0.717, 1.165) is 11.1 Å². The molecule has 0 bridgehead atoms. The average molecular weight is 571 g/mol. The molecule has 9 heteroatoms. The number of ether oxygens (including phenoxy) is 2. The summed E-state index contributed by atoms with van der Waals surface area (Å²) < 4.78 is 48.0. The van der Waals surface area contributed by atoms with Crippen molar-refractivity contribution >= 4 is 17.3 Å². The van der Waals surface area contributed by atoms with Gasteiger partial charge in [0, 0.05) is 0 Å². The second-order valence-corrected chi connectivity index (χ2v) is 9.29. The first-order valence-corrected chi connectivity index (χ1v) is 12.9. The largest absolute Gasteiger partial charge is 0.573 e. The Kier molecular flexibility index (Phi) is 8.29. The Labute approximate surface area is 240 Å². The van der Waals surface area contributed by atoms with Gasteiger partial charge in [0.2, 0.25) is 0 Å². The summed E-state index contributed by atoms with van der Waals surface area (Å²) in [7, 11) is 0. The molecule has 0 aliphatic heterocycles. The smallest absolute Gasteiger partial charge is 0.478 e. The first-order chi connectivity index (χ1) is 20.2. The molecule has 0 aliphatic rings. The van der Waals surface area contributed by atoms with E-state index in [1.165, 1.54) is 24.3 Å². The minimum Gasteiger partial charge on any atom is -0.478 e. The molecule has 5 aromatic rings. The van der Waals surface area contributed by atoms with Gasteiger partial charge in [-0.2, -0.15) is 0 Å². The van der Waals surface area contributed by atoms with Crippen molar-refractivity contribution < 1.29 is 32.5 Å². The van der Waals surface area contributed by atoms with Gasteiger partial charge in [0.15, 0.2) is 0 Å². The predicted octanol–water partition coefficient (Wildman–Crippen LogP) is 8.77. The number of nitrogens with one attached hydrogen (secondary N) is 2. The van der Waals surface area contributed by atoms with Gasteiger partial charge in [-0.25, -0.2) is 4.79 Å². The zero-order chi connectivity index (χ0) is 29.5. The van der Waals surface area contributed by atoms with E-state index >= 15 is 0 Å². The lowest BCUT2D eigenvalue weighted by molar-refractivity contribution is -0.274. The maximum absolute atomic E-state index is 12.7. The summed E-state index contributed by atoms with van der Waals surface area (Å²) in [6.45, 7) is 0. The van der Waals surface area contributed by atoms with Crippen molar-refractivity contribution in [2.45, 2.75) is 12.8 Å². The minimum atomic E-state index is -4.79. The Morgan fingerprint density at radius 1 is 0.690 bits per heavy atom. The lowest BCUT2D eigenvalue weighted by atomic mass is 10.00. The Morgan fingerprint density at radius 2 is 1.36 bits per heavy atom. The quantitative estimate of drug-likeness (QED) is 0.146. The van der Waals surface area contributed by atoms with Crippen LogP contribution >= 0.6 is 0 Å². The fourth-order valence-electron chi connectivity index (χ4n) is 4.42. The number of carboxylic acids is 1. The van der Waals surface area contributed by atoms with E-state index in [4.69, 9.17) is 4.74 Å². The van der Waals surface area contributed by atoms with Gasteiger partial charge < -0.3 is 20.0 Å². The van der Waals surface area contributed by atoms with Crippen molar-refractivity contribution in [2.75, 3.05) is 10.9 Å². The number of alkyl halides is 3. The van der Waals surface area contributed by atoms with Crippen molar-refractivity contribution in [1.82, 2.24) is 0 Å². The topological polar surface area (TPSA) is 79.8 Å². The standard InChI is InChI=1S/C33H25F3N2O4/c34-33(35,36)42-29-16-6-10-24(21-29)23-9-5-12-26(20-23)37-38-31-25(11-7-17-30(31)32(39)40)18-22-8-4-15-28(19-22)41-27-13-2-1-3-14-27/h1-17,19-21,37-38H,18H2,(H,39,40). The molecule has 0 amide bonds. The van der Waals surface area contributed by atoms with Crippen molar-refractivity contribution in [3.05, 3.63) is 138 Å². The number of carbonyl (C=O) groups is 1. The summed E-state index contributed by atoms with van der Waals surface area (Å²) in [5.41, 5.74) is 9.90. The van der Waals surface area contributed by atoms with Crippen molar-refractivity contribution in [3.8, 4) is 28.4 Å². The van der Waals surface area contributed by atoms with Crippen LogP contribution in [-0.2, 0) is 6.42 Å². The zero-order valence-corrected chi connectivity index (χ0v) is 22.1. The van der Waals surface area contributed by atoms with E-state index in [1.807, 2.05) is 60.7 Å². The molecular weight excluding hydrogens is 545 g/mol. The molecule has 0 aromatic heterocycles. The van der Waals surface area contributed by atoms with Gasteiger partial charge in [0.25, 0.3) is 0 Å². The van der Waals surface area contributed by atoms with Crippen LogP contribution in [0, 0.1) is 0 Å². The van der Waals surface area contributed by atoms with Gasteiger partial charge in [-0.3, -0.25) is 5.43 Å². The maximum atomic E-state index is 12.7. The Morgan fingerprint density at radius 3 is 2.12 bits per heavy atom. The van der Waals surface area contributed by atoms with E-state index in [1.54, 1.807) is 36.4 Å². The minimum absolute atomic E-state index is 0.0739. The van der Waals surface area contributed by atoms with Crippen LogP contribution in [0.2, 0.25) is 0 Å². The van der Waals surface area contributed by atoms with Gasteiger partial charge in [-0.1, -0.05) is 66.7 Å². The van der Waals surface area contributed by atoms with E-state index in [-0.39, 0.29) is 11.3 Å². The summed E-state index contributed by atoms with van der Waals surface area (Å²) in [6, 6.07) is 34.6. The van der Waals surface area contributed by atoms with E-state index in [0.29, 0.717) is 40.4 Å². The normalized spacial score (nSPS) is 11.0. The molecule has 0 heterocycles. The molecule has 3 N–H and O–H groups in total. The number of anilines is 2. The van der Waals surface area contributed by atoms with Gasteiger partial charge in [0.1, 0.15) is 17.2 Å². The molecular formula is C33H25F3N2O4. The van der Waals surface area contributed by atoms with Crippen LogP contribution in [0.25, 0.3) is 11.1 Å². The number of benzene rings is 5. The average Bonchev–Trinajstić information content (AvgIpc) is 2.96. The predicted molar refractivity (Wildman–Crippen MR) is 155 cm³/mol. The number of hydrogen-bond acceptors (Lipinski definition) is 5. The van der Waals surface area contributed by atoms with Gasteiger partial charge >= 0.3 is 12.3 Å². The van der Waals surface area contributed by atoms with E-state index < -0.39 is 12.3 Å². The highest BCUT2D eigenvalue weighted by molar-refractivity contribution is 5.95. The lowest BCUT2D eigenvalue weighted by Gasteiger charge is -2.17. The van der Waals surface area contributed by atoms with Gasteiger partial charge in [-0.15, -0.1) is 13.2 Å². The Hall–Kier alpha value is -5.44. The first-order valence-electron chi connectivity index (χ1n) is 12.9. The second-order valence-electron chi connectivity index (χ2n) is 9.29. The molecule has 0 atom stereocenters. The number of aromatic carboxylic acids is 1. The SMILES string of the molecule is O=C(O)c1cccc(Cc2cccc(Oc3ccccc3)c2)c1NNc1cccc(-c2cccc(OC(F)(F)F)c2)c1. The molecule has 5 rings (SSSR count). The highest BCUT2D eigenvalue weighted by atomic mass is 19.4. The first kappa shape index (κ1) is 28.1. The number of halogens is 3. The lowest BCUT2D eigenvalue weighted by Crippen LogP contribution is -2.17. The van der Waals surface area contributed by atoms with Crippen LogP contribution in [0.1, 0.15) is 21.5 Å². The molecule has 0 aliphatic carbocycles. The molecule has 42 heavy (non-hydrogen) atoms. The highest BCUT2D eigenvalue weighted by Crippen LogP contribution is 2.31. The third kappa shape index (κ3) is 7.39. The number of hydrazine groups is 1. The van der Waals surface area contributed by atoms with E-state index in [9.17, 15) is 23.1 Å². The molecule has 0 fully saturated rings. The van der Waals surface area contributed by atoms with Crippen molar-refractivity contribution in [1.29, 1.82) is 0 Å². The monoisotopic (exact) mass is 570 g/mol. The fourth-order valence-corrected chi connectivity index (χ4v) is 4.42. The molecule has 0 unspecified atom stereocenters. The third-order valence-corrected chi connectivity index (χ3v) is 6.25. The van der Waals surface area contributed by atoms with Crippen LogP contribution in [-0.4, -0.2) is 17.4 Å². The molecule has 5 aromatic carbocycles. The number of para-hydroxylation sites is 2. The summed E-state index contributed by atoms with van der Waals surface area (Å²) in [5.74, 6) is -0.0644. The Balaban J connectivity index is 1.36. The van der Waals surface area contributed by atoms with E-state index in [2.05, 4.69) is 15.6 Å². The van der Waals surface area contributed by atoms with Gasteiger partial charge in [-0.05, 0) is 83.3 Å². The summed E-state index contributed by atoms with van der Waals surface area (Å²) in [6.07, 6.45) is -4.37. The number of hydrogen-bond donors (Lipinski definition) is 3. The molecule has 212 valence electrons. The van der Waals surface area contributed by atoms with Crippen LogP contribution in [0.4, 0.5) is 24.5 Å². The maximum Gasteiger partial charge on any atom is 0.573 e. The fraction of sp³-hybridized carbons (Fsp3) is 0.0606. The van der Waals surface area contributed by atoms with Crippen molar-refractivity contribution in [2.24, 2.45) is 0 Å². The van der Waals surface area contributed by atoms with Crippen LogP contribution < -0.4 is 20.3 Å². The molecule has 0 saturated carbocycles. The van der Waals surface area contributed by atoms with Crippen LogP contribution in [0.5, 0.6) is 17.2 Å². The highest BCUT2D eigenvalue weighted by Gasteiger charge is 2.31. The second kappa shape index (κ2) is 12.4. The summed E-state index contributed by atoms with van der Waals surface area (Å²) >= 11 is 0.